The molecule has 2 heterocycles. The molecule has 0 saturated carbocycles. The number of aromatic amines is 1. The molecule has 3 aromatic rings. The fourth-order valence-electron chi connectivity index (χ4n) is 3.24. The summed E-state index contributed by atoms with van der Waals surface area (Å²) in [7, 11) is 3.90. The summed E-state index contributed by atoms with van der Waals surface area (Å²) in [5, 5.41) is 1.17. The highest BCUT2D eigenvalue weighted by Crippen LogP contribution is 2.32. The van der Waals surface area contributed by atoms with Crippen LogP contribution in [0.5, 0.6) is 0 Å². The van der Waals surface area contributed by atoms with E-state index < -0.39 is 0 Å². The highest BCUT2D eigenvalue weighted by atomic mass is 35.5. The SMILES string of the molecule is CCCCc1nc2c(N=CN(C)C)nc3cccc(CCCCCl)c3c2[nH]1. The minimum atomic E-state index is 0.670. The van der Waals surface area contributed by atoms with Gasteiger partial charge >= 0.3 is 0 Å². The fourth-order valence-corrected chi connectivity index (χ4v) is 3.43. The van der Waals surface area contributed by atoms with Gasteiger partial charge in [-0.3, -0.25) is 0 Å². The van der Waals surface area contributed by atoms with E-state index in [0.717, 1.165) is 60.9 Å². The molecule has 0 aliphatic carbocycles. The first kappa shape index (κ1) is 19.6. The second-order valence-electron chi connectivity index (χ2n) is 7.11. The number of pyridine rings is 1. The summed E-state index contributed by atoms with van der Waals surface area (Å²) in [5.74, 6) is 2.38. The second-order valence-corrected chi connectivity index (χ2v) is 7.49. The molecule has 0 saturated heterocycles. The molecule has 144 valence electrons. The van der Waals surface area contributed by atoms with Crippen LogP contribution in [-0.4, -0.2) is 46.2 Å². The van der Waals surface area contributed by atoms with Gasteiger partial charge in [-0.25, -0.2) is 15.0 Å². The predicted molar refractivity (Wildman–Crippen MR) is 116 cm³/mol. The topological polar surface area (TPSA) is 57.2 Å². The quantitative estimate of drug-likeness (QED) is 0.237. The second kappa shape index (κ2) is 9.18. The van der Waals surface area contributed by atoms with Gasteiger partial charge < -0.3 is 9.88 Å². The lowest BCUT2D eigenvalue weighted by atomic mass is 10.0. The van der Waals surface area contributed by atoms with Crippen LogP contribution in [0.3, 0.4) is 0 Å². The van der Waals surface area contributed by atoms with E-state index in [1.165, 1.54) is 10.9 Å². The van der Waals surface area contributed by atoms with Gasteiger partial charge in [0.2, 0.25) is 0 Å². The molecular weight excluding hydrogens is 358 g/mol. The summed E-state index contributed by atoms with van der Waals surface area (Å²) in [6.07, 6.45) is 8.06. The van der Waals surface area contributed by atoms with Crippen LogP contribution in [0.1, 0.15) is 44.0 Å². The number of hydrogen-bond donors (Lipinski definition) is 1. The van der Waals surface area contributed by atoms with Crippen molar-refractivity contribution in [1.29, 1.82) is 0 Å². The van der Waals surface area contributed by atoms with Gasteiger partial charge in [-0.2, -0.15) is 0 Å². The number of hydrogen-bond acceptors (Lipinski definition) is 3. The van der Waals surface area contributed by atoms with Gasteiger partial charge in [0.15, 0.2) is 5.82 Å². The number of aryl methyl sites for hydroxylation is 2. The number of rotatable bonds is 9. The first-order valence-electron chi connectivity index (χ1n) is 9.70. The van der Waals surface area contributed by atoms with Crippen molar-refractivity contribution in [3.63, 3.8) is 0 Å². The van der Waals surface area contributed by atoms with E-state index >= 15 is 0 Å². The van der Waals surface area contributed by atoms with Crippen LogP contribution >= 0.6 is 11.6 Å². The largest absolute Gasteiger partial charge is 0.369 e. The zero-order chi connectivity index (χ0) is 19.2. The van der Waals surface area contributed by atoms with Crippen LogP contribution in [0.15, 0.2) is 23.2 Å². The average Bonchev–Trinajstić information content (AvgIpc) is 3.08. The van der Waals surface area contributed by atoms with Crippen LogP contribution in [0, 0.1) is 0 Å². The third-order valence-electron chi connectivity index (χ3n) is 4.58. The zero-order valence-corrected chi connectivity index (χ0v) is 17.2. The Hall–Kier alpha value is -2.14. The van der Waals surface area contributed by atoms with Crippen molar-refractivity contribution in [1.82, 2.24) is 19.9 Å². The number of nitrogens with one attached hydrogen (secondary N) is 1. The van der Waals surface area contributed by atoms with Crippen molar-refractivity contribution in [2.45, 2.75) is 45.4 Å². The molecule has 0 spiro atoms. The first-order chi connectivity index (χ1) is 13.1. The third-order valence-corrected chi connectivity index (χ3v) is 4.84. The van der Waals surface area contributed by atoms with E-state index in [2.05, 4.69) is 35.1 Å². The van der Waals surface area contributed by atoms with Crippen LogP contribution in [0.4, 0.5) is 5.82 Å². The van der Waals surface area contributed by atoms with Crippen LogP contribution < -0.4 is 0 Å². The van der Waals surface area contributed by atoms with Gasteiger partial charge in [0.05, 0.1) is 17.4 Å². The number of aromatic nitrogens is 3. The van der Waals surface area contributed by atoms with Crippen molar-refractivity contribution in [3.05, 3.63) is 29.6 Å². The first-order valence-corrected chi connectivity index (χ1v) is 10.2. The Kier molecular flexibility index (Phi) is 6.67. The number of halogens is 1. The van der Waals surface area contributed by atoms with Crippen LogP contribution in [0.25, 0.3) is 21.9 Å². The number of nitrogens with zero attached hydrogens (tertiary/aromatic N) is 4. The minimum absolute atomic E-state index is 0.670. The van der Waals surface area contributed by atoms with Crippen molar-refractivity contribution in [2.24, 2.45) is 4.99 Å². The Morgan fingerprint density at radius 2 is 2.00 bits per heavy atom. The molecule has 0 aliphatic rings. The van der Waals surface area contributed by atoms with Crippen molar-refractivity contribution in [3.8, 4) is 0 Å². The van der Waals surface area contributed by atoms with E-state index in [1.807, 2.05) is 19.0 Å². The Labute approximate surface area is 165 Å². The minimum Gasteiger partial charge on any atom is -0.369 e. The summed E-state index contributed by atoms with van der Waals surface area (Å²) >= 11 is 5.87. The van der Waals surface area contributed by atoms with Crippen molar-refractivity contribution >= 4 is 45.7 Å². The number of imidazole rings is 1. The molecule has 0 atom stereocenters. The molecule has 0 bridgehead atoms. The molecule has 1 aromatic carbocycles. The Bertz CT molecular complexity index is 929. The number of fused-ring (bicyclic) bond motifs is 3. The number of alkyl halides is 1. The monoisotopic (exact) mass is 385 g/mol. The Morgan fingerprint density at radius 3 is 2.74 bits per heavy atom. The highest BCUT2D eigenvalue weighted by Gasteiger charge is 2.15. The smallest absolute Gasteiger partial charge is 0.182 e. The normalized spacial score (nSPS) is 11.9. The number of H-pyrrole nitrogens is 1. The fraction of sp³-hybridized carbons (Fsp3) is 0.476. The number of aliphatic imine (C=N–C) groups is 1. The van der Waals surface area contributed by atoms with E-state index in [1.54, 1.807) is 6.34 Å². The molecule has 6 heteroatoms. The Balaban J connectivity index is 2.17. The average molecular weight is 386 g/mol. The van der Waals surface area contributed by atoms with Gasteiger partial charge in [0, 0.05) is 31.8 Å². The number of unbranched alkanes of at least 4 members (excludes halogenated alkanes) is 2. The van der Waals surface area contributed by atoms with Crippen molar-refractivity contribution in [2.75, 3.05) is 20.0 Å². The molecule has 1 N–H and O–H groups in total. The summed E-state index contributed by atoms with van der Waals surface area (Å²) in [4.78, 5) is 19.7. The molecule has 3 rings (SSSR count). The highest BCUT2D eigenvalue weighted by molar-refractivity contribution is 6.17. The van der Waals surface area contributed by atoms with E-state index in [0.29, 0.717) is 11.7 Å². The zero-order valence-electron chi connectivity index (χ0n) is 16.4. The third kappa shape index (κ3) is 4.59. The molecule has 0 fully saturated rings. The molecule has 0 unspecified atom stereocenters. The number of benzene rings is 1. The van der Waals surface area contributed by atoms with Gasteiger partial charge in [-0.1, -0.05) is 25.5 Å². The van der Waals surface area contributed by atoms with E-state index in [4.69, 9.17) is 21.6 Å². The molecule has 27 heavy (non-hydrogen) atoms. The van der Waals surface area contributed by atoms with Gasteiger partial charge in [0.25, 0.3) is 0 Å². The standard InChI is InChI=1S/C21H28ClN5/c1-4-5-12-17-25-19-18-15(9-6-7-13-22)10-8-11-16(18)24-21(20(19)26-17)23-14-27(2)3/h8,10-11,14H,4-7,9,12-13H2,1-3H3,(H,25,26). The maximum Gasteiger partial charge on any atom is 0.182 e. The molecule has 0 radical (unpaired) electrons. The lowest BCUT2D eigenvalue weighted by Gasteiger charge is -2.08. The molecular formula is C21H28ClN5. The van der Waals surface area contributed by atoms with E-state index in [9.17, 15) is 0 Å². The summed E-state index contributed by atoms with van der Waals surface area (Å²) < 4.78 is 0. The van der Waals surface area contributed by atoms with Crippen molar-refractivity contribution < 1.29 is 0 Å². The van der Waals surface area contributed by atoms with Gasteiger partial charge in [-0.15, -0.1) is 11.6 Å². The Morgan fingerprint density at radius 1 is 1.15 bits per heavy atom. The van der Waals surface area contributed by atoms with Gasteiger partial charge in [0.1, 0.15) is 11.3 Å². The molecule has 0 aliphatic heterocycles. The molecule has 2 aromatic heterocycles. The van der Waals surface area contributed by atoms with Crippen LogP contribution in [0.2, 0.25) is 0 Å². The van der Waals surface area contributed by atoms with Gasteiger partial charge in [-0.05, 0) is 37.3 Å². The van der Waals surface area contributed by atoms with E-state index in [-0.39, 0.29) is 0 Å². The summed E-state index contributed by atoms with van der Waals surface area (Å²) in [5.41, 5.74) is 4.17. The lowest BCUT2D eigenvalue weighted by molar-refractivity contribution is 0.643. The molecule has 0 amide bonds. The predicted octanol–water partition coefficient (Wildman–Crippen LogP) is 5.24. The molecule has 5 nitrogen and oxygen atoms in total. The maximum atomic E-state index is 5.87. The van der Waals surface area contributed by atoms with Crippen LogP contribution in [-0.2, 0) is 12.8 Å². The maximum absolute atomic E-state index is 5.87. The summed E-state index contributed by atoms with van der Waals surface area (Å²) in [6.45, 7) is 2.20. The summed E-state index contributed by atoms with van der Waals surface area (Å²) in [6, 6.07) is 6.32. The lowest BCUT2D eigenvalue weighted by Crippen LogP contribution is -2.07.